The number of hydrogen-bond donors (Lipinski definition) is 0. The normalized spacial score (nSPS) is 10.9. The Bertz CT molecular complexity index is 612. The zero-order valence-electron chi connectivity index (χ0n) is 10.9. The van der Waals surface area contributed by atoms with Gasteiger partial charge in [0.15, 0.2) is 5.78 Å². The number of rotatable bonds is 3. The van der Waals surface area contributed by atoms with Crippen molar-refractivity contribution in [3.8, 4) is 0 Å². The van der Waals surface area contributed by atoms with E-state index in [2.05, 4.69) is 26.0 Å². The van der Waals surface area contributed by atoms with E-state index in [0.29, 0.717) is 12.2 Å². The molecule has 0 amide bonds. The van der Waals surface area contributed by atoms with Gasteiger partial charge in [-0.2, -0.15) is 5.10 Å². The van der Waals surface area contributed by atoms with Gasteiger partial charge in [-0.1, -0.05) is 0 Å². The number of halogens is 1. The predicted octanol–water partition coefficient (Wildman–Crippen LogP) is 2.25. The van der Waals surface area contributed by atoms with Crippen LogP contribution in [-0.4, -0.2) is 25.1 Å². The summed E-state index contributed by atoms with van der Waals surface area (Å²) >= 11 is 3.53. The van der Waals surface area contributed by atoms with Crippen LogP contribution in [0.1, 0.15) is 34.6 Å². The summed E-state index contributed by atoms with van der Waals surface area (Å²) in [5.74, 6) is 0.808. The fourth-order valence-corrected chi connectivity index (χ4v) is 2.31. The van der Waals surface area contributed by atoms with E-state index < -0.39 is 0 Å². The van der Waals surface area contributed by atoms with E-state index in [1.165, 1.54) is 6.92 Å². The van der Waals surface area contributed by atoms with Gasteiger partial charge >= 0.3 is 0 Å². The average molecular weight is 311 g/mol. The van der Waals surface area contributed by atoms with Crippen molar-refractivity contribution in [1.29, 1.82) is 0 Å². The Morgan fingerprint density at radius 1 is 1.44 bits per heavy atom. The number of carbonyl (C=O) groups is 1. The molecule has 5 nitrogen and oxygen atoms in total. The zero-order chi connectivity index (χ0) is 13.4. The monoisotopic (exact) mass is 310 g/mol. The maximum atomic E-state index is 11.3. The second kappa shape index (κ2) is 4.68. The Balaban J connectivity index is 2.37. The van der Waals surface area contributed by atoms with Gasteiger partial charge in [-0.3, -0.25) is 9.48 Å². The van der Waals surface area contributed by atoms with Gasteiger partial charge in [0.1, 0.15) is 11.5 Å². The molecule has 0 bridgehead atoms. The molecule has 18 heavy (non-hydrogen) atoms. The van der Waals surface area contributed by atoms with Gasteiger partial charge in [0, 0.05) is 20.2 Å². The smallest absolute Gasteiger partial charge is 0.179 e. The number of nitrogens with zero attached hydrogens (tertiary/aromatic N) is 4. The van der Waals surface area contributed by atoms with Gasteiger partial charge in [0.05, 0.1) is 22.4 Å². The van der Waals surface area contributed by atoms with Crippen molar-refractivity contribution in [3.63, 3.8) is 0 Å². The lowest BCUT2D eigenvalue weighted by Crippen LogP contribution is -2.06. The number of ketones is 1. The molecule has 2 aromatic rings. The maximum Gasteiger partial charge on any atom is 0.179 e. The summed E-state index contributed by atoms with van der Waals surface area (Å²) in [6.45, 7) is 6.01. The lowest BCUT2D eigenvalue weighted by atomic mass is 10.3. The molecule has 96 valence electrons. The highest BCUT2D eigenvalue weighted by atomic mass is 79.9. The second-order valence-electron chi connectivity index (χ2n) is 4.33. The molecule has 0 aliphatic heterocycles. The largest absolute Gasteiger partial charge is 0.328 e. The van der Waals surface area contributed by atoms with E-state index in [1.54, 1.807) is 6.20 Å². The molecule has 0 unspecified atom stereocenters. The lowest BCUT2D eigenvalue weighted by Gasteiger charge is -2.06. The summed E-state index contributed by atoms with van der Waals surface area (Å²) in [6.07, 6.45) is 1.78. The molecule has 0 aromatic carbocycles. The molecule has 0 fully saturated rings. The molecule has 0 spiro atoms. The highest BCUT2D eigenvalue weighted by Crippen LogP contribution is 2.21. The number of Topliss-reactive ketones (excluding diaryl/α,β-unsaturated/α-hetero) is 1. The highest BCUT2D eigenvalue weighted by Gasteiger charge is 2.14. The standard InChI is InChI=1S/C12H15BrN4O/c1-7-12(13)11(16(4)15-7)6-17-5-10(8(2)18)14-9(17)3/h5H,6H2,1-4H3. The van der Waals surface area contributed by atoms with Crippen LogP contribution in [0.5, 0.6) is 0 Å². The van der Waals surface area contributed by atoms with Crippen molar-refractivity contribution >= 4 is 21.7 Å². The van der Waals surface area contributed by atoms with Crippen LogP contribution in [0.4, 0.5) is 0 Å². The fourth-order valence-electron chi connectivity index (χ4n) is 1.85. The van der Waals surface area contributed by atoms with Crippen LogP contribution in [0.2, 0.25) is 0 Å². The molecule has 2 heterocycles. The van der Waals surface area contributed by atoms with Crippen molar-refractivity contribution in [2.45, 2.75) is 27.3 Å². The van der Waals surface area contributed by atoms with Crippen LogP contribution in [0.3, 0.4) is 0 Å². The van der Waals surface area contributed by atoms with Crippen LogP contribution < -0.4 is 0 Å². The molecule has 0 atom stereocenters. The Morgan fingerprint density at radius 2 is 2.11 bits per heavy atom. The molecule has 0 N–H and O–H groups in total. The highest BCUT2D eigenvalue weighted by molar-refractivity contribution is 9.10. The molecule has 2 aromatic heterocycles. The third kappa shape index (κ3) is 2.25. The van der Waals surface area contributed by atoms with Crippen molar-refractivity contribution in [2.24, 2.45) is 7.05 Å². The van der Waals surface area contributed by atoms with Gasteiger partial charge in [-0.25, -0.2) is 4.98 Å². The fraction of sp³-hybridized carbons (Fsp3) is 0.417. The Morgan fingerprint density at radius 3 is 2.56 bits per heavy atom. The Kier molecular flexibility index (Phi) is 3.38. The predicted molar refractivity (Wildman–Crippen MR) is 71.7 cm³/mol. The Labute approximate surface area is 114 Å². The zero-order valence-corrected chi connectivity index (χ0v) is 12.4. The number of hydrogen-bond acceptors (Lipinski definition) is 3. The number of carbonyl (C=O) groups excluding carboxylic acids is 1. The van der Waals surface area contributed by atoms with Crippen molar-refractivity contribution in [1.82, 2.24) is 19.3 Å². The molecule has 6 heteroatoms. The number of imidazole rings is 1. The van der Waals surface area contributed by atoms with Gasteiger partial charge in [0.25, 0.3) is 0 Å². The summed E-state index contributed by atoms with van der Waals surface area (Å²) < 4.78 is 4.80. The van der Waals surface area contributed by atoms with Crippen LogP contribution in [-0.2, 0) is 13.6 Å². The molecular formula is C12H15BrN4O. The quantitative estimate of drug-likeness (QED) is 0.817. The summed E-state index contributed by atoms with van der Waals surface area (Å²) in [5, 5.41) is 4.35. The lowest BCUT2D eigenvalue weighted by molar-refractivity contribution is 0.101. The minimum Gasteiger partial charge on any atom is -0.328 e. The van der Waals surface area contributed by atoms with Gasteiger partial charge in [-0.05, 0) is 29.8 Å². The van der Waals surface area contributed by atoms with Crippen LogP contribution in [0, 0.1) is 13.8 Å². The SMILES string of the molecule is CC(=O)c1cn(Cc2c(Br)c(C)nn2C)c(C)n1. The molecular weight excluding hydrogens is 296 g/mol. The average Bonchev–Trinajstić information content (AvgIpc) is 2.76. The molecule has 2 rings (SSSR count). The van der Waals surface area contributed by atoms with E-state index >= 15 is 0 Å². The topological polar surface area (TPSA) is 52.7 Å². The van der Waals surface area contributed by atoms with Crippen molar-refractivity contribution < 1.29 is 4.79 Å². The third-order valence-electron chi connectivity index (χ3n) is 2.92. The third-order valence-corrected chi connectivity index (χ3v) is 3.95. The Hall–Kier alpha value is -1.43. The van der Waals surface area contributed by atoms with Crippen LogP contribution in [0.15, 0.2) is 10.7 Å². The van der Waals surface area contributed by atoms with Crippen molar-refractivity contribution in [3.05, 3.63) is 33.6 Å². The molecule has 0 aliphatic rings. The van der Waals surface area contributed by atoms with E-state index in [4.69, 9.17) is 0 Å². The molecule has 0 aliphatic carbocycles. The summed E-state index contributed by atoms with van der Waals surface area (Å²) in [7, 11) is 1.91. The van der Waals surface area contributed by atoms with Crippen LogP contribution >= 0.6 is 15.9 Å². The minimum atomic E-state index is -0.0166. The first-order valence-electron chi connectivity index (χ1n) is 5.63. The number of aryl methyl sites for hydroxylation is 3. The van der Waals surface area contributed by atoms with E-state index in [-0.39, 0.29) is 5.78 Å². The van der Waals surface area contributed by atoms with E-state index in [9.17, 15) is 4.79 Å². The van der Waals surface area contributed by atoms with Gasteiger partial charge in [-0.15, -0.1) is 0 Å². The van der Waals surface area contributed by atoms with Crippen LogP contribution in [0.25, 0.3) is 0 Å². The second-order valence-corrected chi connectivity index (χ2v) is 5.12. The van der Waals surface area contributed by atoms with Gasteiger partial charge in [0.2, 0.25) is 0 Å². The van der Waals surface area contributed by atoms with Crippen molar-refractivity contribution in [2.75, 3.05) is 0 Å². The molecule has 0 saturated heterocycles. The minimum absolute atomic E-state index is 0.0166. The molecule has 0 radical (unpaired) electrons. The number of aromatic nitrogens is 4. The first-order chi connectivity index (χ1) is 8.40. The van der Waals surface area contributed by atoms with Gasteiger partial charge < -0.3 is 4.57 Å². The van der Waals surface area contributed by atoms with E-state index in [0.717, 1.165) is 21.7 Å². The summed E-state index contributed by atoms with van der Waals surface area (Å²) in [6, 6.07) is 0. The summed E-state index contributed by atoms with van der Waals surface area (Å²) in [5.41, 5.74) is 2.52. The first-order valence-corrected chi connectivity index (χ1v) is 6.42. The molecule has 0 saturated carbocycles. The van der Waals surface area contributed by atoms with E-state index in [1.807, 2.05) is 30.1 Å². The summed E-state index contributed by atoms with van der Waals surface area (Å²) in [4.78, 5) is 15.5. The maximum absolute atomic E-state index is 11.3. The first kappa shape index (κ1) is 13.0.